The summed E-state index contributed by atoms with van der Waals surface area (Å²) in [5.74, 6) is 0.756. The molecule has 0 aromatic carbocycles. The minimum absolute atomic E-state index is 0.0288. The Labute approximate surface area is 113 Å². The summed E-state index contributed by atoms with van der Waals surface area (Å²) in [6.45, 7) is 9.87. The van der Waals surface area contributed by atoms with Crippen molar-refractivity contribution in [2.24, 2.45) is 0 Å². The van der Waals surface area contributed by atoms with Gasteiger partial charge in [0, 0.05) is 18.5 Å². The maximum absolute atomic E-state index is 12.3. The Balaban J connectivity index is 2.79. The molecule has 1 unspecified atom stereocenters. The van der Waals surface area contributed by atoms with E-state index in [1.165, 1.54) is 4.68 Å². The third-order valence-corrected chi connectivity index (χ3v) is 2.77. The molecule has 108 valence electrons. The van der Waals surface area contributed by atoms with Gasteiger partial charge in [0.05, 0.1) is 6.10 Å². The molecule has 7 heteroatoms. The molecular weight excluding hydrogens is 246 g/mol. The molecule has 0 aliphatic carbocycles. The van der Waals surface area contributed by atoms with Crippen molar-refractivity contribution in [3.8, 4) is 0 Å². The van der Waals surface area contributed by atoms with Crippen molar-refractivity contribution in [2.75, 3.05) is 6.54 Å². The second-order valence-corrected chi connectivity index (χ2v) is 5.34. The first-order valence-corrected chi connectivity index (χ1v) is 6.56. The molecule has 1 aromatic heterocycles. The Morgan fingerprint density at radius 2 is 1.95 bits per heavy atom. The van der Waals surface area contributed by atoms with Gasteiger partial charge >= 0.3 is 0 Å². The van der Waals surface area contributed by atoms with Gasteiger partial charge in [-0.3, -0.25) is 4.79 Å². The first-order chi connectivity index (χ1) is 8.82. The van der Waals surface area contributed by atoms with E-state index in [1.54, 1.807) is 11.8 Å². The molecule has 0 saturated heterocycles. The minimum Gasteiger partial charge on any atom is -0.392 e. The molecule has 1 aromatic rings. The van der Waals surface area contributed by atoms with Gasteiger partial charge in [-0.1, -0.05) is 13.8 Å². The number of tetrazole rings is 1. The van der Waals surface area contributed by atoms with E-state index >= 15 is 0 Å². The lowest BCUT2D eigenvalue weighted by Crippen LogP contribution is -2.43. The molecule has 1 amide bonds. The largest absolute Gasteiger partial charge is 0.392 e. The van der Waals surface area contributed by atoms with Gasteiger partial charge in [-0.2, -0.15) is 0 Å². The minimum atomic E-state index is -0.551. The second kappa shape index (κ2) is 6.60. The number of rotatable bonds is 6. The van der Waals surface area contributed by atoms with Crippen LogP contribution in [0, 0.1) is 0 Å². The van der Waals surface area contributed by atoms with Crippen LogP contribution >= 0.6 is 0 Å². The molecule has 1 heterocycles. The van der Waals surface area contributed by atoms with E-state index in [1.807, 2.05) is 27.7 Å². The molecule has 0 aliphatic rings. The van der Waals surface area contributed by atoms with Crippen LogP contribution in [0.5, 0.6) is 0 Å². The summed E-state index contributed by atoms with van der Waals surface area (Å²) >= 11 is 0. The van der Waals surface area contributed by atoms with Crippen LogP contribution in [0.2, 0.25) is 0 Å². The highest BCUT2D eigenvalue weighted by molar-refractivity contribution is 5.76. The molecule has 0 fully saturated rings. The lowest BCUT2D eigenvalue weighted by molar-refractivity contribution is -0.135. The summed E-state index contributed by atoms with van der Waals surface area (Å²) in [5.41, 5.74) is 0. The van der Waals surface area contributed by atoms with Gasteiger partial charge in [0.25, 0.3) is 0 Å². The Kier molecular flexibility index (Phi) is 5.41. The van der Waals surface area contributed by atoms with Crippen LogP contribution < -0.4 is 0 Å². The highest BCUT2D eigenvalue weighted by Crippen LogP contribution is 2.10. The Bertz CT molecular complexity index is 414. The van der Waals surface area contributed by atoms with Gasteiger partial charge < -0.3 is 10.0 Å². The van der Waals surface area contributed by atoms with E-state index in [9.17, 15) is 9.90 Å². The van der Waals surface area contributed by atoms with Crippen LogP contribution in [0.3, 0.4) is 0 Å². The molecule has 0 saturated carbocycles. The number of hydrogen-bond donors (Lipinski definition) is 1. The van der Waals surface area contributed by atoms with Gasteiger partial charge in [-0.25, -0.2) is 4.68 Å². The molecule has 0 bridgehead atoms. The van der Waals surface area contributed by atoms with Crippen LogP contribution in [-0.4, -0.2) is 54.8 Å². The number of aliphatic hydroxyl groups excluding tert-OH is 1. The van der Waals surface area contributed by atoms with Crippen molar-refractivity contribution in [3.05, 3.63) is 5.82 Å². The molecule has 19 heavy (non-hydrogen) atoms. The SMILES string of the molecule is CC(O)CN(C(=O)Cn1nnnc1C(C)C)C(C)C. The van der Waals surface area contributed by atoms with Crippen molar-refractivity contribution < 1.29 is 9.90 Å². The Morgan fingerprint density at radius 1 is 1.32 bits per heavy atom. The highest BCUT2D eigenvalue weighted by atomic mass is 16.3. The summed E-state index contributed by atoms with van der Waals surface area (Å²) in [5, 5.41) is 20.8. The highest BCUT2D eigenvalue weighted by Gasteiger charge is 2.21. The zero-order chi connectivity index (χ0) is 14.6. The van der Waals surface area contributed by atoms with Gasteiger partial charge in [-0.05, 0) is 31.2 Å². The third kappa shape index (κ3) is 4.27. The smallest absolute Gasteiger partial charge is 0.244 e. The molecule has 0 spiro atoms. The van der Waals surface area contributed by atoms with E-state index in [2.05, 4.69) is 15.5 Å². The average Bonchev–Trinajstić information content (AvgIpc) is 2.73. The van der Waals surface area contributed by atoms with Crippen molar-refractivity contribution in [2.45, 2.75) is 59.2 Å². The number of hydrogen-bond acceptors (Lipinski definition) is 5. The molecule has 0 radical (unpaired) electrons. The molecular formula is C12H23N5O2. The van der Waals surface area contributed by atoms with Crippen LogP contribution in [0.4, 0.5) is 0 Å². The van der Waals surface area contributed by atoms with Crippen LogP contribution in [0.1, 0.15) is 46.4 Å². The lowest BCUT2D eigenvalue weighted by atomic mass is 10.2. The van der Waals surface area contributed by atoms with Gasteiger partial charge in [0.2, 0.25) is 5.91 Å². The van der Waals surface area contributed by atoms with Crippen LogP contribution in [0.15, 0.2) is 0 Å². The first kappa shape index (κ1) is 15.6. The number of amides is 1. The molecule has 0 aliphatic heterocycles. The number of aliphatic hydroxyl groups is 1. The molecule has 1 atom stereocenters. The van der Waals surface area contributed by atoms with E-state index in [4.69, 9.17) is 0 Å². The van der Waals surface area contributed by atoms with Crippen molar-refractivity contribution in [1.82, 2.24) is 25.1 Å². The maximum Gasteiger partial charge on any atom is 0.244 e. The zero-order valence-corrected chi connectivity index (χ0v) is 12.2. The first-order valence-electron chi connectivity index (χ1n) is 6.56. The average molecular weight is 269 g/mol. The number of carbonyl (C=O) groups is 1. The Hall–Kier alpha value is -1.50. The van der Waals surface area contributed by atoms with Gasteiger partial charge in [-0.15, -0.1) is 5.10 Å². The normalized spacial score (nSPS) is 13.1. The van der Waals surface area contributed by atoms with E-state index in [-0.39, 0.29) is 24.4 Å². The Morgan fingerprint density at radius 3 is 2.42 bits per heavy atom. The van der Waals surface area contributed by atoms with Gasteiger partial charge in [0.15, 0.2) is 5.82 Å². The summed E-state index contributed by atoms with van der Waals surface area (Å²) in [6.07, 6.45) is -0.551. The predicted molar refractivity (Wildman–Crippen MR) is 70.4 cm³/mol. The number of carbonyl (C=O) groups excluding carboxylic acids is 1. The fourth-order valence-electron chi connectivity index (χ4n) is 1.84. The van der Waals surface area contributed by atoms with E-state index < -0.39 is 6.10 Å². The number of aromatic nitrogens is 4. The number of nitrogens with zero attached hydrogens (tertiary/aromatic N) is 5. The van der Waals surface area contributed by atoms with E-state index in [0.29, 0.717) is 12.4 Å². The summed E-state index contributed by atoms with van der Waals surface area (Å²) in [6, 6.07) is 0.0288. The summed E-state index contributed by atoms with van der Waals surface area (Å²) in [4.78, 5) is 13.9. The second-order valence-electron chi connectivity index (χ2n) is 5.34. The topological polar surface area (TPSA) is 84.1 Å². The third-order valence-electron chi connectivity index (χ3n) is 2.77. The van der Waals surface area contributed by atoms with Crippen molar-refractivity contribution >= 4 is 5.91 Å². The quantitative estimate of drug-likeness (QED) is 0.809. The van der Waals surface area contributed by atoms with Crippen molar-refractivity contribution in [1.29, 1.82) is 0 Å². The monoisotopic (exact) mass is 269 g/mol. The molecule has 1 rings (SSSR count). The van der Waals surface area contributed by atoms with Crippen LogP contribution in [0.25, 0.3) is 0 Å². The van der Waals surface area contributed by atoms with Gasteiger partial charge in [0.1, 0.15) is 6.54 Å². The van der Waals surface area contributed by atoms with E-state index in [0.717, 1.165) is 0 Å². The zero-order valence-electron chi connectivity index (χ0n) is 12.2. The fourth-order valence-corrected chi connectivity index (χ4v) is 1.84. The molecule has 7 nitrogen and oxygen atoms in total. The summed E-state index contributed by atoms with van der Waals surface area (Å²) in [7, 11) is 0. The summed E-state index contributed by atoms with van der Waals surface area (Å²) < 4.78 is 1.52. The molecule has 1 N–H and O–H groups in total. The standard InChI is InChI=1S/C12H23N5O2/c1-8(2)12-13-14-15-17(12)7-11(19)16(9(3)4)6-10(5)18/h8-10,18H,6-7H2,1-5H3. The maximum atomic E-state index is 12.3. The fraction of sp³-hybridized carbons (Fsp3) is 0.833. The lowest BCUT2D eigenvalue weighted by Gasteiger charge is -2.28. The predicted octanol–water partition coefficient (Wildman–Crippen LogP) is 0.414. The van der Waals surface area contributed by atoms with Crippen LogP contribution in [-0.2, 0) is 11.3 Å². The van der Waals surface area contributed by atoms with Crippen molar-refractivity contribution in [3.63, 3.8) is 0 Å².